The van der Waals surface area contributed by atoms with E-state index in [0.29, 0.717) is 0 Å². The van der Waals surface area contributed by atoms with Gasteiger partial charge in [0, 0.05) is 48.7 Å². The standard InChI is InChI=1S/C30H28N2/c1-5-7-9-11-21-19-27-25-13-14-26-24(23(25)15-17-29(27)31(21)3)16-18-30-28(26)20-22(32(30)4)12-10-8-6-2/h13-20H,5-8H2,1-4H3. The molecule has 5 rings (SSSR count). The van der Waals surface area contributed by atoms with Gasteiger partial charge in [-0.1, -0.05) is 50.0 Å². The van der Waals surface area contributed by atoms with Crippen molar-refractivity contribution in [3.8, 4) is 23.7 Å². The van der Waals surface area contributed by atoms with E-state index in [0.717, 1.165) is 37.1 Å². The minimum Gasteiger partial charge on any atom is -0.337 e. The number of fused-ring (bicyclic) bond motifs is 7. The van der Waals surface area contributed by atoms with Crippen LogP contribution in [0.5, 0.6) is 0 Å². The summed E-state index contributed by atoms with van der Waals surface area (Å²) in [6.07, 6.45) is 4.05. The Morgan fingerprint density at radius 1 is 0.562 bits per heavy atom. The van der Waals surface area contributed by atoms with Gasteiger partial charge in [0.25, 0.3) is 0 Å². The van der Waals surface area contributed by atoms with E-state index in [2.05, 4.69) is 109 Å². The molecule has 3 aromatic carbocycles. The first-order valence-corrected chi connectivity index (χ1v) is 11.5. The largest absolute Gasteiger partial charge is 0.337 e. The van der Waals surface area contributed by atoms with E-state index in [1.165, 1.54) is 43.4 Å². The molecule has 0 amide bonds. The maximum Gasteiger partial charge on any atom is 0.0928 e. The Labute approximate surface area is 189 Å². The second-order valence-electron chi connectivity index (χ2n) is 8.53. The van der Waals surface area contributed by atoms with Gasteiger partial charge in [-0.05, 0) is 70.5 Å². The molecule has 32 heavy (non-hydrogen) atoms. The average molecular weight is 417 g/mol. The van der Waals surface area contributed by atoms with Gasteiger partial charge in [-0.15, -0.1) is 0 Å². The lowest BCUT2D eigenvalue weighted by atomic mass is 9.97. The number of unbranched alkanes of at least 4 members (excludes halogenated alkanes) is 2. The summed E-state index contributed by atoms with van der Waals surface area (Å²) in [7, 11) is 4.22. The summed E-state index contributed by atoms with van der Waals surface area (Å²) in [5, 5.41) is 7.69. The third-order valence-corrected chi connectivity index (χ3v) is 6.43. The first-order valence-electron chi connectivity index (χ1n) is 11.5. The maximum absolute atomic E-state index is 3.36. The first kappa shape index (κ1) is 20.3. The number of hydrogen-bond donors (Lipinski definition) is 0. The summed E-state index contributed by atoms with van der Waals surface area (Å²) < 4.78 is 4.42. The van der Waals surface area contributed by atoms with Crippen LogP contribution >= 0.6 is 0 Å². The number of aryl methyl sites for hydroxylation is 2. The molecular formula is C30H28N2. The van der Waals surface area contributed by atoms with Crippen molar-refractivity contribution in [3.63, 3.8) is 0 Å². The van der Waals surface area contributed by atoms with E-state index < -0.39 is 0 Å². The van der Waals surface area contributed by atoms with Crippen LogP contribution in [-0.4, -0.2) is 9.13 Å². The van der Waals surface area contributed by atoms with Crippen molar-refractivity contribution in [3.05, 3.63) is 59.9 Å². The summed E-state index contributed by atoms with van der Waals surface area (Å²) in [5.74, 6) is 13.3. The molecular weight excluding hydrogens is 388 g/mol. The molecule has 0 aliphatic heterocycles. The van der Waals surface area contributed by atoms with Crippen LogP contribution in [0.15, 0.2) is 48.5 Å². The van der Waals surface area contributed by atoms with Gasteiger partial charge in [-0.2, -0.15) is 0 Å². The Morgan fingerprint density at radius 3 is 1.34 bits per heavy atom. The van der Waals surface area contributed by atoms with Crippen molar-refractivity contribution in [1.29, 1.82) is 0 Å². The Hall–Kier alpha value is -3.62. The summed E-state index contributed by atoms with van der Waals surface area (Å²) >= 11 is 0. The molecule has 0 saturated heterocycles. The molecule has 0 aliphatic rings. The van der Waals surface area contributed by atoms with Crippen LogP contribution in [0, 0.1) is 23.7 Å². The Kier molecular flexibility index (Phi) is 5.16. The Balaban J connectivity index is 1.74. The minimum absolute atomic E-state index is 0.935. The van der Waals surface area contributed by atoms with E-state index in [4.69, 9.17) is 0 Å². The molecule has 5 aromatic rings. The van der Waals surface area contributed by atoms with Crippen LogP contribution in [0.4, 0.5) is 0 Å². The molecule has 0 unspecified atom stereocenters. The highest BCUT2D eigenvalue weighted by Crippen LogP contribution is 2.36. The Bertz CT molecular complexity index is 1490. The molecule has 0 N–H and O–H groups in total. The molecule has 2 heterocycles. The summed E-state index contributed by atoms with van der Waals surface area (Å²) in [6.45, 7) is 4.33. The fourth-order valence-electron chi connectivity index (χ4n) is 4.66. The molecule has 0 aliphatic carbocycles. The topological polar surface area (TPSA) is 9.86 Å². The van der Waals surface area contributed by atoms with Gasteiger partial charge >= 0.3 is 0 Å². The number of rotatable bonds is 2. The number of benzene rings is 3. The lowest BCUT2D eigenvalue weighted by molar-refractivity contribution is 0.947. The van der Waals surface area contributed by atoms with Crippen molar-refractivity contribution in [1.82, 2.24) is 9.13 Å². The summed E-state index contributed by atoms with van der Waals surface area (Å²) in [5.41, 5.74) is 4.61. The molecule has 2 nitrogen and oxygen atoms in total. The van der Waals surface area contributed by atoms with Crippen molar-refractivity contribution < 1.29 is 0 Å². The van der Waals surface area contributed by atoms with E-state index in [9.17, 15) is 0 Å². The zero-order chi connectivity index (χ0) is 22.2. The van der Waals surface area contributed by atoms with E-state index >= 15 is 0 Å². The van der Waals surface area contributed by atoms with Crippen LogP contribution in [0.25, 0.3) is 43.4 Å². The molecule has 0 spiro atoms. The average Bonchev–Trinajstić information content (AvgIpc) is 3.31. The Morgan fingerprint density at radius 2 is 0.938 bits per heavy atom. The van der Waals surface area contributed by atoms with E-state index in [-0.39, 0.29) is 0 Å². The maximum atomic E-state index is 3.36. The van der Waals surface area contributed by atoms with Gasteiger partial charge in [0.1, 0.15) is 0 Å². The molecule has 0 atom stereocenters. The summed E-state index contributed by atoms with van der Waals surface area (Å²) in [4.78, 5) is 0. The van der Waals surface area contributed by atoms with Crippen LogP contribution in [0.3, 0.4) is 0 Å². The molecule has 0 bridgehead atoms. The molecule has 0 saturated carbocycles. The smallest absolute Gasteiger partial charge is 0.0928 e. The van der Waals surface area contributed by atoms with Crippen LogP contribution < -0.4 is 0 Å². The van der Waals surface area contributed by atoms with Gasteiger partial charge < -0.3 is 9.13 Å². The van der Waals surface area contributed by atoms with Crippen LogP contribution in [0.1, 0.15) is 50.9 Å². The second kappa shape index (κ2) is 8.14. The predicted octanol–water partition coefficient (Wildman–Crippen LogP) is 7.28. The number of aromatic nitrogens is 2. The quantitative estimate of drug-likeness (QED) is 0.211. The lowest BCUT2D eigenvalue weighted by Crippen LogP contribution is -1.91. The van der Waals surface area contributed by atoms with Crippen LogP contribution in [-0.2, 0) is 14.1 Å². The second-order valence-corrected chi connectivity index (χ2v) is 8.53. The van der Waals surface area contributed by atoms with Gasteiger partial charge in [0.05, 0.1) is 11.4 Å². The monoisotopic (exact) mass is 416 g/mol. The van der Waals surface area contributed by atoms with Gasteiger partial charge in [-0.25, -0.2) is 0 Å². The van der Waals surface area contributed by atoms with Crippen LogP contribution in [0.2, 0.25) is 0 Å². The molecule has 0 radical (unpaired) electrons. The zero-order valence-electron chi connectivity index (χ0n) is 19.3. The van der Waals surface area contributed by atoms with Crippen molar-refractivity contribution >= 4 is 43.4 Å². The molecule has 2 heteroatoms. The molecule has 2 aromatic heterocycles. The molecule has 0 fully saturated rings. The van der Waals surface area contributed by atoms with Crippen molar-refractivity contribution in [2.45, 2.75) is 39.5 Å². The van der Waals surface area contributed by atoms with Gasteiger partial charge in [-0.3, -0.25) is 0 Å². The first-order chi connectivity index (χ1) is 15.6. The van der Waals surface area contributed by atoms with Gasteiger partial charge in [0.15, 0.2) is 0 Å². The number of nitrogens with zero attached hydrogens (tertiary/aromatic N) is 2. The minimum atomic E-state index is 0.935. The summed E-state index contributed by atoms with van der Waals surface area (Å²) in [6, 6.07) is 18.0. The predicted molar refractivity (Wildman–Crippen MR) is 138 cm³/mol. The fraction of sp³-hybridized carbons (Fsp3) is 0.267. The highest BCUT2D eigenvalue weighted by molar-refractivity contribution is 6.22. The SMILES string of the molecule is CCCC#Cc1cc2c3ccc4c(ccc5c4cc(C#CCCC)n5C)c3ccc2n1C. The zero-order valence-corrected chi connectivity index (χ0v) is 19.3. The van der Waals surface area contributed by atoms with Crippen molar-refractivity contribution in [2.75, 3.05) is 0 Å². The third kappa shape index (κ3) is 3.16. The van der Waals surface area contributed by atoms with E-state index in [1.807, 2.05) is 0 Å². The fourth-order valence-corrected chi connectivity index (χ4v) is 4.66. The van der Waals surface area contributed by atoms with Crippen molar-refractivity contribution in [2.24, 2.45) is 14.1 Å². The normalized spacial score (nSPS) is 11.1. The van der Waals surface area contributed by atoms with Gasteiger partial charge in [0.2, 0.25) is 0 Å². The highest BCUT2D eigenvalue weighted by atomic mass is 14.9. The van der Waals surface area contributed by atoms with E-state index in [1.54, 1.807) is 0 Å². The lowest BCUT2D eigenvalue weighted by Gasteiger charge is -2.08. The highest BCUT2D eigenvalue weighted by Gasteiger charge is 2.13. The molecule has 158 valence electrons. The third-order valence-electron chi connectivity index (χ3n) is 6.43. The number of hydrogen-bond acceptors (Lipinski definition) is 0.